The van der Waals surface area contributed by atoms with Crippen LogP contribution in [0.1, 0.15) is 34.1 Å². The van der Waals surface area contributed by atoms with E-state index in [4.69, 9.17) is 4.74 Å². The normalized spacial score (nSPS) is 16.6. The highest BCUT2D eigenvalue weighted by Crippen LogP contribution is 2.22. The van der Waals surface area contributed by atoms with Gasteiger partial charge in [0.15, 0.2) is 5.78 Å². The van der Waals surface area contributed by atoms with Gasteiger partial charge in [-0.1, -0.05) is 0 Å². The first-order valence-electron chi connectivity index (χ1n) is 7.74. The van der Waals surface area contributed by atoms with E-state index in [-0.39, 0.29) is 17.8 Å². The van der Waals surface area contributed by atoms with Gasteiger partial charge in [0.1, 0.15) is 6.10 Å². The molecule has 1 aliphatic rings. The number of hydrogen-bond donors (Lipinski definition) is 1. The predicted molar refractivity (Wildman–Crippen MR) is 95.0 cm³/mol. The molecule has 3 rings (SSSR count). The molecule has 1 aromatic heterocycles. The predicted octanol–water partition coefficient (Wildman–Crippen LogP) is 3.42. The number of thioether (sulfide) groups is 1. The van der Waals surface area contributed by atoms with Gasteiger partial charge in [-0.25, -0.2) is 4.98 Å². The first-order chi connectivity index (χ1) is 11.6. The fourth-order valence-electron chi connectivity index (χ4n) is 2.38. The molecule has 24 heavy (non-hydrogen) atoms. The molecule has 1 aliphatic heterocycles. The van der Waals surface area contributed by atoms with Crippen LogP contribution in [0.3, 0.4) is 0 Å². The average Bonchev–Trinajstić information content (AvgIpc) is 3.08. The molecular formula is C18H18N2O3S. The number of benzene rings is 1. The van der Waals surface area contributed by atoms with Gasteiger partial charge in [-0.2, -0.15) is 11.8 Å². The summed E-state index contributed by atoms with van der Waals surface area (Å²) in [6.07, 6.45) is 2.75. The second-order valence-corrected chi connectivity index (χ2v) is 6.72. The van der Waals surface area contributed by atoms with Gasteiger partial charge >= 0.3 is 0 Å². The van der Waals surface area contributed by atoms with Gasteiger partial charge < -0.3 is 10.1 Å². The van der Waals surface area contributed by atoms with E-state index in [1.807, 2.05) is 11.8 Å². The second-order valence-electron chi connectivity index (χ2n) is 5.57. The van der Waals surface area contributed by atoms with E-state index in [2.05, 4.69) is 10.3 Å². The first kappa shape index (κ1) is 16.5. The van der Waals surface area contributed by atoms with Crippen molar-refractivity contribution in [2.24, 2.45) is 0 Å². The molecule has 0 aliphatic carbocycles. The molecule has 0 saturated carbocycles. The zero-order valence-corrected chi connectivity index (χ0v) is 14.1. The van der Waals surface area contributed by atoms with Crippen LogP contribution in [0, 0.1) is 0 Å². The van der Waals surface area contributed by atoms with Crippen LogP contribution in [-0.4, -0.2) is 34.3 Å². The molecule has 1 N–H and O–H groups in total. The van der Waals surface area contributed by atoms with Gasteiger partial charge in [0.25, 0.3) is 5.91 Å². The largest absolute Gasteiger partial charge is 0.473 e. The highest BCUT2D eigenvalue weighted by atomic mass is 32.2. The van der Waals surface area contributed by atoms with Crippen molar-refractivity contribution in [3.05, 3.63) is 53.7 Å². The van der Waals surface area contributed by atoms with Gasteiger partial charge in [-0.05, 0) is 49.4 Å². The van der Waals surface area contributed by atoms with Crippen LogP contribution in [0.5, 0.6) is 5.88 Å². The molecular weight excluding hydrogens is 324 g/mol. The number of hydrogen-bond acceptors (Lipinski definition) is 5. The van der Waals surface area contributed by atoms with E-state index in [9.17, 15) is 9.59 Å². The Hall–Kier alpha value is -2.34. The SMILES string of the molecule is CC(=O)c1ccc(NC(=O)c2ccnc(O[C@H]3CCSC3)c2)cc1. The highest BCUT2D eigenvalue weighted by Gasteiger charge is 2.18. The number of ketones is 1. The standard InChI is InChI=1S/C18H18N2O3S/c1-12(21)13-2-4-15(5-3-13)20-18(22)14-6-8-19-17(10-14)23-16-7-9-24-11-16/h2-6,8,10,16H,7,9,11H2,1H3,(H,20,22)/t16-/m0/s1. The maximum atomic E-state index is 12.4. The van der Waals surface area contributed by atoms with Gasteiger partial charge in [0.05, 0.1) is 0 Å². The summed E-state index contributed by atoms with van der Waals surface area (Å²) in [7, 11) is 0. The minimum absolute atomic E-state index is 0.00567. The lowest BCUT2D eigenvalue weighted by atomic mass is 10.1. The Bertz CT molecular complexity index is 740. The summed E-state index contributed by atoms with van der Waals surface area (Å²) in [5.74, 6) is 2.29. The summed E-state index contributed by atoms with van der Waals surface area (Å²) in [4.78, 5) is 27.8. The molecule has 0 bridgehead atoms. The van der Waals surface area contributed by atoms with Crippen LogP contribution in [0.25, 0.3) is 0 Å². The number of pyridine rings is 1. The number of aromatic nitrogens is 1. The summed E-state index contributed by atoms with van der Waals surface area (Å²) < 4.78 is 5.81. The molecule has 5 nitrogen and oxygen atoms in total. The molecule has 2 heterocycles. The van der Waals surface area contributed by atoms with Crippen LogP contribution in [-0.2, 0) is 0 Å². The fraction of sp³-hybridized carbons (Fsp3) is 0.278. The maximum Gasteiger partial charge on any atom is 0.255 e. The van der Waals surface area contributed by atoms with Crippen molar-refractivity contribution >= 4 is 29.1 Å². The highest BCUT2D eigenvalue weighted by molar-refractivity contribution is 7.99. The number of Topliss-reactive ketones (excluding diaryl/α,β-unsaturated/α-hetero) is 1. The number of nitrogens with zero attached hydrogens (tertiary/aromatic N) is 1. The molecule has 0 radical (unpaired) electrons. The molecule has 6 heteroatoms. The van der Waals surface area contributed by atoms with Crippen LogP contribution in [0.4, 0.5) is 5.69 Å². The molecule has 2 aromatic rings. The molecule has 0 spiro atoms. The van der Waals surface area contributed by atoms with Gasteiger partial charge in [0, 0.05) is 34.8 Å². The summed E-state index contributed by atoms with van der Waals surface area (Å²) in [5.41, 5.74) is 1.74. The molecule has 0 unspecified atom stereocenters. The molecule has 1 fully saturated rings. The lowest BCUT2D eigenvalue weighted by Crippen LogP contribution is -2.17. The minimum atomic E-state index is -0.237. The lowest BCUT2D eigenvalue weighted by molar-refractivity contribution is 0.101. The van der Waals surface area contributed by atoms with Crippen LogP contribution < -0.4 is 10.1 Å². The molecule has 1 aromatic carbocycles. The zero-order valence-electron chi connectivity index (χ0n) is 13.3. The molecule has 1 atom stereocenters. The van der Waals surface area contributed by atoms with Crippen molar-refractivity contribution in [2.45, 2.75) is 19.4 Å². The quantitative estimate of drug-likeness (QED) is 0.843. The van der Waals surface area contributed by atoms with Crippen molar-refractivity contribution in [3.63, 3.8) is 0 Å². The van der Waals surface area contributed by atoms with Gasteiger partial charge in [-0.15, -0.1) is 0 Å². The minimum Gasteiger partial charge on any atom is -0.473 e. The zero-order chi connectivity index (χ0) is 16.9. The molecule has 1 saturated heterocycles. The summed E-state index contributed by atoms with van der Waals surface area (Å²) in [5, 5.41) is 2.81. The Kier molecular flexibility index (Phi) is 5.15. The third-order valence-corrected chi connectivity index (χ3v) is 4.85. The van der Waals surface area contributed by atoms with Crippen molar-refractivity contribution in [3.8, 4) is 5.88 Å². The number of rotatable bonds is 5. The lowest BCUT2D eigenvalue weighted by Gasteiger charge is -2.12. The van der Waals surface area contributed by atoms with E-state index in [1.165, 1.54) is 6.92 Å². The third-order valence-electron chi connectivity index (χ3n) is 3.72. The number of ether oxygens (including phenoxy) is 1. The molecule has 1 amide bonds. The number of carbonyl (C=O) groups excluding carboxylic acids is 2. The fourth-order valence-corrected chi connectivity index (χ4v) is 3.48. The van der Waals surface area contributed by atoms with Crippen LogP contribution >= 0.6 is 11.8 Å². The van der Waals surface area contributed by atoms with Crippen LogP contribution in [0.2, 0.25) is 0 Å². The van der Waals surface area contributed by atoms with E-state index in [1.54, 1.807) is 42.6 Å². The van der Waals surface area contributed by atoms with Crippen molar-refractivity contribution in [1.82, 2.24) is 4.98 Å². The summed E-state index contributed by atoms with van der Waals surface area (Å²) >= 11 is 1.86. The smallest absolute Gasteiger partial charge is 0.255 e. The van der Waals surface area contributed by atoms with Crippen molar-refractivity contribution < 1.29 is 14.3 Å². The van der Waals surface area contributed by atoms with Gasteiger partial charge in [-0.3, -0.25) is 9.59 Å². The van der Waals surface area contributed by atoms with Crippen LogP contribution in [0.15, 0.2) is 42.6 Å². The Morgan fingerprint density at radius 1 is 1.21 bits per heavy atom. The monoisotopic (exact) mass is 342 g/mol. The van der Waals surface area contributed by atoms with E-state index < -0.39 is 0 Å². The maximum absolute atomic E-state index is 12.4. The number of carbonyl (C=O) groups is 2. The number of nitrogens with one attached hydrogen (secondary N) is 1. The number of amides is 1. The second kappa shape index (κ2) is 7.49. The Morgan fingerprint density at radius 3 is 2.67 bits per heavy atom. The summed E-state index contributed by atoms with van der Waals surface area (Å²) in [6.45, 7) is 1.51. The first-order valence-corrected chi connectivity index (χ1v) is 8.90. The van der Waals surface area contributed by atoms with E-state index >= 15 is 0 Å². The summed E-state index contributed by atoms with van der Waals surface area (Å²) in [6, 6.07) is 10.1. The van der Waals surface area contributed by atoms with Gasteiger partial charge in [0.2, 0.25) is 5.88 Å². The van der Waals surface area contributed by atoms with Crippen molar-refractivity contribution in [1.29, 1.82) is 0 Å². The molecule has 124 valence electrons. The van der Waals surface area contributed by atoms with E-state index in [0.29, 0.717) is 22.7 Å². The third kappa shape index (κ3) is 4.14. The Labute approximate surface area is 144 Å². The number of anilines is 1. The Balaban J connectivity index is 1.66. The average molecular weight is 342 g/mol. The topological polar surface area (TPSA) is 68.3 Å². The Morgan fingerprint density at radius 2 is 2.00 bits per heavy atom. The van der Waals surface area contributed by atoms with Crippen molar-refractivity contribution in [2.75, 3.05) is 16.8 Å². The van der Waals surface area contributed by atoms with E-state index in [0.717, 1.165) is 17.9 Å².